The fourth-order valence-corrected chi connectivity index (χ4v) is 2.32. The van der Waals surface area contributed by atoms with Crippen LogP contribution in [0.25, 0.3) is 16.8 Å². The highest BCUT2D eigenvalue weighted by atomic mass is 16.6. The molecule has 0 spiro atoms. The van der Waals surface area contributed by atoms with E-state index in [9.17, 15) is 19.7 Å². The zero-order valence-electron chi connectivity index (χ0n) is 14.2. The standard InChI is InChI=1S/C17H19N3O6/c1-2-5-14(26-16(23)7-4-3-6-15(21)22)17-18-12-9-8-11(20(24)25)10-13(12)19-17/h5,8-10H,2-4,6-7H2,1H3,(H,18,19)(H,21,22). The molecule has 26 heavy (non-hydrogen) atoms. The van der Waals surface area contributed by atoms with E-state index in [1.165, 1.54) is 18.2 Å². The SMILES string of the molecule is CCC=C(OC(=O)CCCCC(=O)O)c1nc2ccc([N+](=O)[O-])cc2[nH]1. The Labute approximate surface area is 148 Å². The topological polar surface area (TPSA) is 135 Å². The maximum Gasteiger partial charge on any atom is 0.311 e. The molecule has 0 aliphatic carbocycles. The fourth-order valence-electron chi connectivity index (χ4n) is 2.32. The van der Waals surface area contributed by atoms with Crippen molar-refractivity contribution in [1.82, 2.24) is 9.97 Å². The minimum Gasteiger partial charge on any atom is -0.481 e. The molecule has 0 aliphatic heterocycles. The Bertz CT molecular complexity index is 855. The van der Waals surface area contributed by atoms with E-state index in [0.29, 0.717) is 36.1 Å². The molecule has 138 valence electrons. The molecular weight excluding hydrogens is 342 g/mol. The molecule has 9 nitrogen and oxygen atoms in total. The van der Waals surface area contributed by atoms with E-state index in [1.54, 1.807) is 6.08 Å². The molecule has 0 unspecified atom stereocenters. The summed E-state index contributed by atoms with van der Waals surface area (Å²) in [4.78, 5) is 40.0. The summed E-state index contributed by atoms with van der Waals surface area (Å²) in [7, 11) is 0. The minimum absolute atomic E-state index is 0.00723. The van der Waals surface area contributed by atoms with Gasteiger partial charge in [-0.05, 0) is 31.4 Å². The number of nitro groups is 1. The van der Waals surface area contributed by atoms with Crippen molar-refractivity contribution in [2.24, 2.45) is 0 Å². The van der Waals surface area contributed by atoms with Crippen molar-refractivity contribution in [2.45, 2.75) is 39.0 Å². The fraction of sp³-hybridized carbons (Fsp3) is 0.353. The molecule has 0 aliphatic rings. The van der Waals surface area contributed by atoms with Gasteiger partial charge in [0.15, 0.2) is 11.6 Å². The van der Waals surface area contributed by atoms with E-state index >= 15 is 0 Å². The number of ether oxygens (including phenoxy) is 1. The second-order valence-corrected chi connectivity index (χ2v) is 5.60. The molecule has 0 fully saturated rings. The van der Waals surface area contributed by atoms with Gasteiger partial charge in [0.1, 0.15) is 0 Å². The van der Waals surface area contributed by atoms with Gasteiger partial charge >= 0.3 is 11.9 Å². The number of hydrogen-bond donors (Lipinski definition) is 2. The minimum atomic E-state index is -0.902. The van der Waals surface area contributed by atoms with Gasteiger partial charge < -0.3 is 14.8 Å². The van der Waals surface area contributed by atoms with Crippen LogP contribution in [0.1, 0.15) is 44.9 Å². The summed E-state index contributed by atoms with van der Waals surface area (Å²) in [5, 5.41) is 19.4. The Morgan fingerprint density at radius 1 is 1.35 bits per heavy atom. The number of imidazole rings is 1. The van der Waals surface area contributed by atoms with Gasteiger partial charge in [0.25, 0.3) is 5.69 Å². The number of carbonyl (C=O) groups is 2. The molecule has 1 aromatic carbocycles. The van der Waals surface area contributed by atoms with Crippen LogP contribution in [0, 0.1) is 10.1 Å². The van der Waals surface area contributed by atoms with Crippen LogP contribution < -0.4 is 0 Å². The van der Waals surface area contributed by atoms with Crippen LogP contribution in [0.2, 0.25) is 0 Å². The monoisotopic (exact) mass is 361 g/mol. The van der Waals surface area contributed by atoms with E-state index in [4.69, 9.17) is 9.84 Å². The predicted molar refractivity (Wildman–Crippen MR) is 93.2 cm³/mol. The zero-order valence-corrected chi connectivity index (χ0v) is 14.2. The van der Waals surface area contributed by atoms with Gasteiger partial charge in [-0.2, -0.15) is 0 Å². The van der Waals surface area contributed by atoms with Crippen LogP contribution >= 0.6 is 0 Å². The molecule has 0 bridgehead atoms. The molecule has 2 aromatic rings. The van der Waals surface area contributed by atoms with E-state index < -0.39 is 16.9 Å². The third-order valence-electron chi connectivity index (χ3n) is 3.54. The lowest BCUT2D eigenvalue weighted by molar-refractivity contribution is -0.384. The second-order valence-electron chi connectivity index (χ2n) is 5.60. The normalized spacial score (nSPS) is 11.5. The third kappa shape index (κ3) is 5.13. The summed E-state index contributed by atoms with van der Waals surface area (Å²) in [5.74, 6) is -0.835. The number of fused-ring (bicyclic) bond motifs is 1. The highest BCUT2D eigenvalue weighted by molar-refractivity contribution is 5.82. The predicted octanol–water partition coefficient (Wildman–Crippen LogP) is 3.41. The molecule has 1 heterocycles. The van der Waals surface area contributed by atoms with Gasteiger partial charge in [-0.25, -0.2) is 4.98 Å². The summed E-state index contributed by atoms with van der Waals surface area (Å²) >= 11 is 0. The molecule has 0 atom stereocenters. The molecule has 2 rings (SSSR count). The Morgan fingerprint density at radius 3 is 2.73 bits per heavy atom. The van der Waals surface area contributed by atoms with Gasteiger partial charge in [-0.1, -0.05) is 6.92 Å². The Hall–Kier alpha value is -3.23. The van der Waals surface area contributed by atoms with Gasteiger partial charge in [0.05, 0.1) is 16.0 Å². The number of hydrogen-bond acceptors (Lipinski definition) is 6. The number of aromatic amines is 1. The van der Waals surface area contributed by atoms with Crippen LogP contribution in [0.3, 0.4) is 0 Å². The number of benzene rings is 1. The van der Waals surface area contributed by atoms with Crippen molar-refractivity contribution in [3.8, 4) is 0 Å². The second kappa shape index (κ2) is 8.75. The highest BCUT2D eigenvalue weighted by Gasteiger charge is 2.15. The maximum atomic E-state index is 12.0. The van der Waals surface area contributed by atoms with Gasteiger partial charge in [0.2, 0.25) is 0 Å². The molecule has 0 radical (unpaired) electrons. The van der Waals surface area contributed by atoms with Crippen molar-refractivity contribution < 1.29 is 24.4 Å². The van der Waals surface area contributed by atoms with Crippen LogP contribution in [-0.2, 0) is 14.3 Å². The van der Waals surface area contributed by atoms with E-state index in [2.05, 4.69) is 9.97 Å². The number of carboxylic acids is 1. The number of rotatable bonds is 9. The smallest absolute Gasteiger partial charge is 0.311 e. The number of nitro benzene ring substituents is 1. The van der Waals surface area contributed by atoms with Gasteiger partial charge in [0, 0.05) is 25.0 Å². The molecule has 0 saturated carbocycles. The molecule has 0 saturated heterocycles. The number of carboxylic acid groups (broad SMARTS) is 1. The summed E-state index contributed by atoms with van der Waals surface area (Å²) in [5.41, 5.74) is 0.919. The average molecular weight is 361 g/mol. The van der Waals surface area contributed by atoms with Gasteiger partial charge in [-0.3, -0.25) is 19.7 Å². The lowest BCUT2D eigenvalue weighted by Gasteiger charge is -2.06. The Kier molecular flexibility index (Phi) is 6.42. The van der Waals surface area contributed by atoms with E-state index in [0.717, 1.165) is 0 Å². The number of nitrogens with one attached hydrogen (secondary N) is 1. The number of aromatic nitrogens is 2. The van der Waals surface area contributed by atoms with Crippen molar-refractivity contribution in [3.05, 3.63) is 40.2 Å². The van der Waals surface area contributed by atoms with Crippen LogP contribution in [0.5, 0.6) is 0 Å². The largest absolute Gasteiger partial charge is 0.481 e. The number of non-ortho nitro benzene ring substituents is 1. The summed E-state index contributed by atoms with van der Waals surface area (Å²) in [6, 6.07) is 4.23. The first-order chi connectivity index (χ1) is 12.4. The van der Waals surface area contributed by atoms with Crippen LogP contribution in [-0.4, -0.2) is 31.9 Å². The van der Waals surface area contributed by atoms with Crippen molar-refractivity contribution in [2.75, 3.05) is 0 Å². The Balaban J connectivity index is 2.10. The third-order valence-corrected chi connectivity index (χ3v) is 3.54. The van der Waals surface area contributed by atoms with E-state index in [1.807, 2.05) is 6.92 Å². The molecule has 2 N–H and O–H groups in total. The molecular formula is C17H19N3O6. The molecule has 9 heteroatoms. The summed E-state index contributed by atoms with van der Waals surface area (Å²) < 4.78 is 5.34. The quantitative estimate of drug-likeness (QED) is 0.230. The van der Waals surface area contributed by atoms with Crippen molar-refractivity contribution >= 4 is 34.4 Å². The molecule has 0 amide bonds. The maximum absolute atomic E-state index is 12.0. The number of aliphatic carboxylic acids is 1. The molecule has 1 aromatic heterocycles. The average Bonchev–Trinajstić information content (AvgIpc) is 3.01. The summed E-state index contributed by atoms with van der Waals surface area (Å²) in [6.07, 6.45) is 3.19. The lowest BCUT2D eigenvalue weighted by atomic mass is 10.2. The number of unbranched alkanes of at least 4 members (excludes halogenated alkanes) is 1. The number of carbonyl (C=O) groups excluding carboxylic acids is 1. The number of nitrogens with zero attached hydrogens (tertiary/aromatic N) is 2. The van der Waals surface area contributed by atoms with E-state index in [-0.39, 0.29) is 24.3 Å². The highest BCUT2D eigenvalue weighted by Crippen LogP contribution is 2.23. The van der Waals surface area contributed by atoms with Crippen molar-refractivity contribution in [1.29, 1.82) is 0 Å². The zero-order chi connectivity index (χ0) is 19.1. The first-order valence-corrected chi connectivity index (χ1v) is 8.18. The van der Waals surface area contributed by atoms with Crippen LogP contribution in [0.4, 0.5) is 5.69 Å². The van der Waals surface area contributed by atoms with Crippen molar-refractivity contribution in [3.63, 3.8) is 0 Å². The number of allylic oxidation sites excluding steroid dienone is 1. The lowest BCUT2D eigenvalue weighted by Crippen LogP contribution is -2.05. The Morgan fingerprint density at radius 2 is 2.08 bits per heavy atom. The van der Waals surface area contributed by atoms with Crippen LogP contribution in [0.15, 0.2) is 24.3 Å². The number of H-pyrrole nitrogens is 1. The summed E-state index contributed by atoms with van der Waals surface area (Å²) in [6.45, 7) is 1.87. The number of esters is 1. The first-order valence-electron chi connectivity index (χ1n) is 8.18. The van der Waals surface area contributed by atoms with Gasteiger partial charge in [-0.15, -0.1) is 0 Å². The first kappa shape index (κ1) is 19.1.